The van der Waals surface area contributed by atoms with E-state index in [0.29, 0.717) is 0 Å². The molecule has 0 atom stereocenters. The van der Waals surface area contributed by atoms with E-state index in [-0.39, 0.29) is 5.56 Å². The third-order valence-electron chi connectivity index (χ3n) is 4.00. The Balaban J connectivity index is 1.87. The van der Waals surface area contributed by atoms with Crippen LogP contribution in [0.25, 0.3) is 10.2 Å². The topological polar surface area (TPSA) is 34.9 Å². The number of unbranched alkanes of at least 4 members (excludes halogenated alkanes) is 2. The summed E-state index contributed by atoms with van der Waals surface area (Å²) in [6, 6.07) is 10.5. The molecule has 3 nitrogen and oxygen atoms in total. The van der Waals surface area contributed by atoms with E-state index in [1.54, 1.807) is 11.8 Å². The molecule has 0 aliphatic rings. The molecule has 3 aromatic rings. The van der Waals surface area contributed by atoms with Crippen molar-refractivity contribution in [2.75, 3.05) is 0 Å². The Kier molecular flexibility index (Phi) is 5.74. The van der Waals surface area contributed by atoms with Crippen molar-refractivity contribution in [3.8, 4) is 0 Å². The molecule has 2 aromatic heterocycles. The van der Waals surface area contributed by atoms with Crippen LogP contribution in [0.5, 0.6) is 0 Å². The Morgan fingerprint density at radius 1 is 1.17 bits per heavy atom. The fourth-order valence-electron chi connectivity index (χ4n) is 2.58. The lowest BCUT2D eigenvalue weighted by Gasteiger charge is -2.12. The summed E-state index contributed by atoms with van der Waals surface area (Å²) in [5.74, 6) is 0.830. The van der Waals surface area contributed by atoms with E-state index < -0.39 is 0 Å². The molecule has 0 bridgehead atoms. The van der Waals surface area contributed by atoms with E-state index in [4.69, 9.17) is 4.98 Å². The highest BCUT2D eigenvalue weighted by atomic mass is 32.2. The maximum absolute atomic E-state index is 12.8. The molecular weight excluding hydrogens is 336 g/mol. The smallest absolute Gasteiger partial charge is 0.272 e. The minimum absolute atomic E-state index is 0.109. The van der Waals surface area contributed by atoms with E-state index in [9.17, 15) is 4.79 Å². The van der Waals surface area contributed by atoms with Gasteiger partial charge in [0.25, 0.3) is 5.56 Å². The van der Waals surface area contributed by atoms with Crippen LogP contribution < -0.4 is 5.56 Å². The van der Waals surface area contributed by atoms with Gasteiger partial charge in [-0.1, -0.05) is 61.4 Å². The summed E-state index contributed by atoms with van der Waals surface area (Å²) in [4.78, 5) is 17.5. The lowest BCUT2D eigenvalue weighted by atomic mass is 10.2. The van der Waals surface area contributed by atoms with Crippen molar-refractivity contribution in [3.63, 3.8) is 0 Å². The average molecular weight is 359 g/mol. The van der Waals surface area contributed by atoms with Crippen LogP contribution in [-0.4, -0.2) is 9.55 Å². The van der Waals surface area contributed by atoms with Crippen molar-refractivity contribution >= 4 is 33.3 Å². The van der Waals surface area contributed by atoms with E-state index in [2.05, 4.69) is 38.1 Å². The lowest BCUT2D eigenvalue weighted by Crippen LogP contribution is -2.22. The van der Waals surface area contributed by atoms with Crippen LogP contribution in [0.4, 0.5) is 0 Å². The van der Waals surface area contributed by atoms with Gasteiger partial charge in [-0.2, -0.15) is 0 Å². The van der Waals surface area contributed by atoms with Gasteiger partial charge in [-0.3, -0.25) is 9.36 Å². The first-order chi connectivity index (χ1) is 11.7. The predicted octanol–water partition coefficient (Wildman–Crippen LogP) is 5.25. The van der Waals surface area contributed by atoms with Crippen LogP contribution in [0, 0.1) is 6.92 Å². The number of fused-ring (bicyclic) bond motifs is 1. The van der Waals surface area contributed by atoms with Crippen molar-refractivity contribution in [1.82, 2.24) is 9.55 Å². The van der Waals surface area contributed by atoms with Crippen molar-refractivity contribution in [1.29, 1.82) is 0 Å². The number of hydrogen-bond donors (Lipinski definition) is 0. The highest BCUT2D eigenvalue weighted by Crippen LogP contribution is 2.24. The lowest BCUT2D eigenvalue weighted by molar-refractivity contribution is 0.542. The van der Waals surface area contributed by atoms with E-state index in [1.807, 2.05) is 16.0 Å². The number of rotatable bonds is 7. The van der Waals surface area contributed by atoms with Gasteiger partial charge in [-0.25, -0.2) is 4.98 Å². The van der Waals surface area contributed by atoms with Gasteiger partial charge in [0.15, 0.2) is 5.16 Å². The zero-order chi connectivity index (χ0) is 16.9. The first-order valence-electron chi connectivity index (χ1n) is 8.35. The molecule has 126 valence electrons. The third kappa shape index (κ3) is 3.90. The first kappa shape index (κ1) is 17.2. The molecule has 0 aliphatic carbocycles. The van der Waals surface area contributed by atoms with E-state index >= 15 is 0 Å². The average Bonchev–Trinajstić information content (AvgIpc) is 3.05. The van der Waals surface area contributed by atoms with Crippen LogP contribution in [0.3, 0.4) is 0 Å². The second kappa shape index (κ2) is 7.99. The van der Waals surface area contributed by atoms with Crippen molar-refractivity contribution < 1.29 is 0 Å². The number of thiophene rings is 1. The molecule has 0 saturated heterocycles. The zero-order valence-electron chi connectivity index (χ0n) is 14.1. The minimum Gasteiger partial charge on any atom is -0.286 e. The summed E-state index contributed by atoms with van der Waals surface area (Å²) in [6.07, 6.45) is 3.30. The van der Waals surface area contributed by atoms with Crippen molar-refractivity contribution in [3.05, 3.63) is 57.2 Å². The van der Waals surface area contributed by atoms with Crippen molar-refractivity contribution in [2.24, 2.45) is 0 Å². The molecule has 5 heteroatoms. The van der Waals surface area contributed by atoms with Crippen molar-refractivity contribution in [2.45, 2.75) is 50.6 Å². The second-order valence-electron chi connectivity index (χ2n) is 5.97. The molecule has 2 heterocycles. The zero-order valence-corrected chi connectivity index (χ0v) is 15.8. The molecule has 0 radical (unpaired) electrons. The Labute approximate surface area is 150 Å². The molecule has 1 aromatic carbocycles. The summed E-state index contributed by atoms with van der Waals surface area (Å²) in [5.41, 5.74) is 3.45. The van der Waals surface area contributed by atoms with Crippen LogP contribution in [0.15, 0.2) is 45.7 Å². The Morgan fingerprint density at radius 3 is 2.71 bits per heavy atom. The van der Waals surface area contributed by atoms with Gasteiger partial charge in [-0.15, -0.1) is 11.3 Å². The SMILES string of the molecule is CCCCCn1c(SCc2ccc(C)cc2)nc2ccsc2c1=O. The Morgan fingerprint density at radius 2 is 1.96 bits per heavy atom. The third-order valence-corrected chi connectivity index (χ3v) is 5.94. The maximum Gasteiger partial charge on any atom is 0.272 e. The van der Waals surface area contributed by atoms with Crippen LogP contribution >= 0.6 is 23.1 Å². The second-order valence-corrected chi connectivity index (χ2v) is 7.83. The van der Waals surface area contributed by atoms with Gasteiger partial charge in [0.05, 0.1) is 5.52 Å². The number of hydrogen-bond acceptors (Lipinski definition) is 4. The monoisotopic (exact) mass is 358 g/mol. The molecule has 0 N–H and O–H groups in total. The molecule has 0 spiro atoms. The Hall–Kier alpha value is -1.59. The summed E-state index contributed by atoms with van der Waals surface area (Å²) in [5, 5.41) is 2.78. The molecule has 0 unspecified atom stereocenters. The standard InChI is InChI=1S/C19H22N2OS2/c1-3-4-5-11-21-18(22)17-16(10-12-23-17)20-19(21)24-13-15-8-6-14(2)7-9-15/h6-10,12H,3-5,11,13H2,1-2H3. The van der Waals surface area contributed by atoms with Gasteiger partial charge in [-0.05, 0) is 30.4 Å². The molecule has 3 rings (SSSR count). The van der Waals surface area contributed by atoms with Gasteiger partial charge in [0.2, 0.25) is 0 Å². The highest BCUT2D eigenvalue weighted by molar-refractivity contribution is 7.98. The van der Waals surface area contributed by atoms with Crippen LogP contribution in [-0.2, 0) is 12.3 Å². The Bertz CT molecular complexity index is 865. The van der Waals surface area contributed by atoms with Gasteiger partial charge < -0.3 is 0 Å². The summed E-state index contributed by atoms with van der Waals surface area (Å²) < 4.78 is 2.64. The number of thioether (sulfide) groups is 1. The van der Waals surface area contributed by atoms with E-state index in [0.717, 1.165) is 46.9 Å². The van der Waals surface area contributed by atoms with Gasteiger partial charge in [0.1, 0.15) is 4.70 Å². The molecule has 0 amide bonds. The summed E-state index contributed by atoms with van der Waals surface area (Å²) in [6.45, 7) is 5.02. The highest BCUT2D eigenvalue weighted by Gasteiger charge is 2.12. The predicted molar refractivity (Wildman–Crippen MR) is 104 cm³/mol. The molecule has 24 heavy (non-hydrogen) atoms. The van der Waals surface area contributed by atoms with E-state index in [1.165, 1.54) is 22.5 Å². The van der Waals surface area contributed by atoms with Gasteiger partial charge >= 0.3 is 0 Å². The molecule has 0 fully saturated rings. The molecule has 0 saturated carbocycles. The fraction of sp³-hybridized carbons (Fsp3) is 0.368. The number of aryl methyl sites for hydroxylation is 1. The number of nitrogens with zero attached hydrogens (tertiary/aromatic N) is 2. The number of aromatic nitrogens is 2. The summed E-state index contributed by atoms with van der Waals surface area (Å²) >= 11 is 3.14. The fourth-order valence-corrected chi connectivity index (χ4v) is 4.34. The maximum atomic E-state index is 12.8. The van der Waals surface area contributed by atoms with Crippen LogP contribution in [0.2, 0.25) is 0 Å². The van der Waals surface area contributed by atoms with Gasteiger partial charge in [0, 0.05) is 12.3 Å². The number of benzene rings is 1. The largest absolute Gasteiger partial charge is 0.286 e. The normalized spacial score (nSPS) is 11.2. The van der Waals surface area contributed by atoms with Crippen LogP contribution in [0.1, 0.15) is 37.3 Å². The minimum atomic E-state index is 0.109. The summed E-state index contributed by atoms with van der Waals surface area (Å²) in [7, 11) is 0. The first-order valence-corrected chi connectivity index (χ1v) is 10.2. The molecule has 0 aliphatic heterocycles. The molecular formula is C19H22N2OS2. The quantitative estimate of drug-likeness (QED) is 0.329.